The van der Waals surface area contributed by atoms with Crippen molar-refractivity contribution in [1.29, 1.82) is 0 Å². The molecule has 0 aliphatic carbocycles. The van der Waals surface area contributed by atoms with Crippen LogP contribution in [0.3, 0.4) is 0 Å². The van der Waals surface area contributed by atoms with Gasteiger partial charge in [0.1, 0.15) is 0 Å². The fourth-order valence-corrected chi connectivity index (χ4v) is 1.83. The van der Waals surface area contributed by atoms with E-state index in [0.29, 0.717) is 18.3 Å². The Balaban J connectivity index is 1.98. The molecule has 0 radical (unpaired) electrons. The molecule has 4 heteroatoms. The average Bonchev–Trinajstić information content (AvgIpc) is 2.73. The van der Waals surface area contributed by atoms with Crippen molar-refractivity contribution in [2.75, 3.05) is 0 Å². The number of benzene rings is 1. The van der Waals surface area contributed by atoms with Gasteiger partial charge in [-0.05, 0) is 25.0 Å². The first-order chi connectivity index (χ1) is 8.16. The molecular weight excluding hydrogens is 214 g/mol. The lowest BCUT2D eigenvalue weighted by Crippen LogP contribution is -2.19. The van der Waals surface area contributed by atoms with Gasteiger partial charge in [0.2, 0.25) is 11.8 Å². The molecule has 1 atom stereocenters. The first-order valence-electron chi connectivity index (χ1n) is 5.74. The van der Waals surface area contributed by atoms with Crippen molar-refractivity contribution in [3.63, 3.8) is 0 Å². The van der Waals surface area contributed by atoms with Crippen LogP contribution in [0.5, 0.6) is 0 Å². The van der Waals surface area contributed by atoms with Crippen LogP contribution in [0.25, 0.3) is 0 Å². The molecular formula is C13H17N3O. The maximum absolute atomic E-state index is 5.32. The molecule has 0 aliphatic rings. The monoisotopic (exact) mass is 231 g/mol. The number of rotatable bonds is 4. The molecule has 1 unspecified atom stereocenters. The second kappa shape index (κ2) is 5.10. The Morgan fingerprint density at radius 3 is 2.65 bits per heavy atom. The molecule has 1 heterocycles. The van der Waals surface area contributed by atoms with Crippen molar-refractivity contribution in [1.82, 2.24) is 15.5 Å². The molecule has 0 spiro atoms. The van der Waals surface area contributed by atoms with Crippen molar-refractivity contribution in [2.24, 2.45) is 0 Å². The maximum atomic E-state index is 5.32. The van der Waals surface area contributed by atoms with Gasteiger partial charge >= 0.3 is 0 Å². The average molecular weight is 231 g/mol. The second-order valence-electron chi connectivity index (χ2n) is 4.17. The smallest absolute Gasteiger partial charge is 0.230 e. The van der Waals surface area contributed by atoms with Crippen molar-refractivity contribution in [2.45, 2.75) is 33.4 Å². The molecule has 2 rings (SSSR count). The van der Waals surface area contributed by atoms with E-state index in [1.165, 1.54) is 11.1 Å². The summed E-state index contributed by atoms with van der Waals surface area (Å²) in [7, 11) is 0. The lowest BCUT2D eigenvalue weighted by Gasteiger charge is -2.15. The Labute approximate surface area is 101 Å². The van der Waals surface area contributed by atoms with Crippen LogP contribution < -0.4 is 5.32 Å². The zero-order chi connectivity index (χ0) is 12.3. The van der Waals surface area contributed by atoms with Crippen LogP contribution in [-0.2, 0) is 6.54 Å². The first-order valence-corrected chi connectivity index (χ1v) is 5.74. The van der Waals surface area contributed by atoms with E-state index in [1.54, 1.807) is 6.92 Å². The molecule has 2 aromatic rings. The van der Waals surface area contributed by atoms with Gasteiger partial charge in [0, 0.05) is 13.0 Å². The molecule has 0 fully saturated rings. The molecule has 4 nitrogen and oxygen atoms in total. The highest BCUT2D eigenvalue weighted by Crippen LogP contribution is 2.16. The number of nitrogens with zero attached hydrogens (tertiary/aromatic N) is 2. The summed E-state index contributed by atoms with van der Waals surface area (Å²) in [4.78, 5) is 0. The number of aromatic nitrogens is 2. The number of hydrogen-bond donors (Lipinski definition) is 1. The van der Waals surface area contributed by atoms with E-state index in [2.05, 4.69) is 47.6 Å². The van der Waals surface area contributed by atoms with Crippen molar-refractivity contribution >= 4 is 0 Å². The lowest BCUT2D eigenvalue weighted by atomic mass is 10.0. The summed E-state index contributed by atoms with van der Waals surface area (Å²) in [5.74, 6) is 1.23. The zero-order valence-electron chi connectivity index (χ0n) is 10.4. The number of hydrogen-bond acceptors (Lipinski definition) is 4. The summed E-state index contributed by atoms with van der Waals surface area (Å²) in [6.07, 6.45) is 0. The molecule has 0 bridgehead atoms. The van der Waals surface area contributed by atoms with Gasteiger partial charge in [-0.15, -0.1) is 10.2 Å². The maximum Gasteiger partial charge on any atom is 0.230 e. The van der Waals surface area contributed by atoms with E-state index in [1.807, 2.05) is 6.07 Å². The molecule has 0 aliphatic heterocycles. The molecule has 90 valence electrons. The molecule has 1 aromatic carbocycles. The van der Waals surface area contributed by atoms with Gasteiger partial charge in [-0.3, -0.25) is 0 Å². The van der Waals surface area contributed by atoms with Crippen LogP contribution in [0.2, 0.25) is 0 Å². The van der Waals surface area contributed by atoms with Crippen LogP contribution in [0, 0.1) is 13.8 Å². The summed E-state index contributed by atoms with van der Waals surface area (Å²) in [6.45, 7) is 6.63. The normalized spacial score (nSPS) is 12.6. The minimum atomic E-state index is 0.267. The Kier molecular flexibility index (Phi) is 3.54. The standard InChI is InChI=1S/C13H17N3O/c1-9-6-4-5-7-12(9)10(2)14-8-13-16-15-11(3)17-13/h4-7,10,14H,8H2,1-3H3. The van der Waals surface area contributed by atoms with Crippen LogP contribution in [0.15, 0.2) is 28.7 Å². The second-order valence-corrected chi connectivity index (χ2v) is 4.17. The van der Waals surface area contributed by atoms with E-state index in [9.17, 15) is 0 Å². The minimum Gasteiger partial charge on any atom is -0.424 e. The van der Waals surface area contributed by atoms with Gasteiger partial charge in [-0.25, -0.2) is 0 Å². The summed E-state index contributed by atoms with van der Waals surface area (Å²) in [5.41, 5.74) is 2.58. The summed E-state index contributed by atoms with van der Waals surface area (Å²) in [5, 5.41) is 11.1. The molecule has 1 N–H and O–H groups in total. The van der Waals surface area contributed by atoms with Crippen molar-refractivity contribution in [3.8, 4) is 0 Å². The van der Waals surface area contributed by atoms with Crippen molar-refractivity contribution in [3.05, 3.63) is 47.2 Å². The quantitative estimate of drug-likeness (QED) is 0.878. The molecule has 0 saturated heterocycles. The third-order valence-electron chi connectivity index (χ3n) is 2.78. The Bertz CT molecular complexity index is 493. The van der Waals surface area contributed by atoms with Gasteiger partial charge in [0.15, 0.2) is 0 Å². The summed E-state index contributed by atoms with van der Waals surface area (Å²) < 4.78 is 5.32. The van der Waals surface area contributed by atoms with E-state index in [4.69, 9.17) is 4.42 Å². The predicted molar refractivity (Wildman–Crippen MR) is 65.5 cm³/mol. The highest BCUT2D eigenvalue weighted by atomic mass is 16.4. The molecule has 0 saturated carbocycles. The third-order valence-corrected chi connectivity index (χ3v) is 2.78. The Morgan fingerprint density at radius 1 is 1.24 bits per heavy atom. The highest BCUT2D eigenvalue weighted by molar-refractivity contribution is 5.28. The first kappa shape index (κ1) is 11.8. The van der Waals surface area contributed by atoms with Crippen LogP contribution in [0.1, 0.15) is 35.9 Å². The predicted octanol–water partition coefficient (Wildman–Crippen LogP) is 2.54. The molecule has 0 amide bonds. The zero-order valence-corrected chi connectivity index (χ0v) is 10.4. The van der Waals surface area contributed by atoms with E-state index in [0.717, 1.165) is 0 Å². The van der Waals surface area contributed by atoms with E-state index < -0.39 is 0 Å². The Morgan fingerprint density at radius 2 is 2.00 bits per heavy atom. The van der Waals surface area contributed by atoms with Gasteiger partial charge in [0.25, 0.3) is 0 Å². The highest BCUT2D eigenvalue weighted by Gasteiger charge is 2.09. The van der Waals surface area contributed by atoms with Crippen LogP contribution in [-0.4, -0.2) is 10.2 Å². The topological polar surface area (TPSA) is 51.0 Å². The van der Waals surface area contributed by atoms with E-state index >= 15 is 0 Å². The van der Waals surface area contributed by atoms with Gasteiger partial charge in [-0.1, -0.05) is 24.3 Å². The van der Waals surface area contributed by atoms with Gasteiger partial charge in [0.05, 0.1) is 6.54 Å². The lowest BCUT2D eigenvalue weighted by molar-refractivity contribution is 0.430. The number of nitrogens with one attached hydrogen (secondary N) is 1. The minimum absolute atomic E-state index is 0.267. The summed E-state index contributed by atoms with van der Waals surface area (Å²) in [6, 6.07) is 8.61. The third kappa shape index (κ3) is 2.91. The van der Waals surface area contributed by atoms with Gasteiger partial charge < -0.3 is 9.73 Å². The van der Waals surface area contributed by atoms with Crippen LogP contribution >= 0.6 is 0 Å². The van der Waals surface area contributed by atoms with Gasteiger partial charge in [-0.2, -0.15) is 0 Å². The van der Waals surface area contributed by atoms with Crippen molar-refractivity contribution < 1.29 is 4.42 Å². The number of aryl methyl sites for hydroxylation is 2. The van der Waals surface area contributed by atoms with Crippen LogP contribution in [0.4, 0.5) is 0 Å². The SMILES string of the molecule is Cc1nnc(CNC(C)c2ccccc2C)o1. The van der Waals surface area contributed by atoms with E-state index in [-0.39, 0.29) is 6.04 Å². The fraction of sp³-hybridized carbons (Fsp3) is 0.385. The summed E-state index contributed by atoms with van der Waals surface area (Å²) >= 11 is 0. The Hall–Kier alpha value is -1.68. The molecule has 17 heavy (non-hydrogen) atoms. The fourth-order valence-electron chi connectivity index (χ4n) is 1.83. The largest absolute Gasteiger partial charge is 0.424 e. The molecule has 1 aromatic heterocycles.